The first-order valence-electron chi connectivity index (χ1n) is 14.0. The zero-order chi connectivity index (χ0) is 28.0. The third kappa shape index (κ3) is 10.2. The molecular formula is C30H41N5O4. The van der Waals surface area contributed by atoms with Crippen LogP contribution >= 0.6 is 0 Å². The van der Waals surface area contributed by atoms with E-state index in [2.05, 4.69) is 20.9 Å². The molecular weight excluding hydrogens is 494 g/mol. The van der Waals surface area contributed by atoms with Crippen LogP contribution in [0, 0.1) is 0 Å². The molecule has 1 aliphatic rings. The first kappa shape index (κ1) is 30.0. The Hall–Kier alpha value is -3.59. The number of hydrogen-bond acceptors (Lipinski definition) is 7. The van der Waals surface area contributed by atoms with Crippen LogP contribution in [0.3, 0.4) is 0 Å². The zero-order valence-corrected chi connectivity index (χ0v) is 23.4. The number of allylic oxidation sites excluding steroid dienone is 4. The molecule has 9 heteroatoms. The molecule has 0 spiro atoms. The standard InChI is InChI=1S/C30H41N5O4/c1-4-8-25(9-6-10-26(37)21-31-5-2)35-28(29(33-34-35)30(38)32-24-16-17-24)11-7-20-39-27-18-14-23(15-19-27)13-12-22(3)36/h6,8-9,14-15,18-19,24,31H,4-5,7,10-13,16-17,20-21H2,1-3H3,(H,32,38)/b9-6-,25-8+. The van der Waals surface area contributed by atoms with Gasteiger partial charge in [-0.1, -0.05) is 43.3 Å². The van der Waals surface area contributed by atoms with E-state index in [0.717, 1.165) is 54.9 Å². The van der Waals surface area contributed by atoms with Crippen LogP contribution in [0.5, 0.6) is 5.75 Å². The summed E-state index contributed by atoms with van der Waals surface area (Å²) in [7, 11) is 0. The van der Waals surface area contributed by atoms with Gasteiger partial charge in [0.05, 0.1) is 24.5 Å². The van der Waals surface area contributed by atoms with Gasteiger partial charge in [0.25, 0.3) is 5.91 Å². The highest BCUT2D eigenvalue weighted by Gasteiger charge is 2.27. The van der Waals surface area contributed by atoms with Gasteiger partial charge < -0.3 is 20.2 Å². The summed E-state index contributed by atoms with van der Waals surface area (Å²) < 4.78 is 7.65. The third-order valence-corrected chi connectivity index (χ3v) is 6.27. The average Bonchev–Trinajstić information content (AvgIpc) is 3.64. The smallest absolute Gasteiger partial charge is 0.273 e. The van der Waals surface area contributed by atoms with Gasteiger partial charge in [-0.05, 0) is 75.8 Å². The van der Waals surface area contributed by atoms with Gasteiger partial charge in [0.1, 0.15) is 17.3 Å². The number of nitrogens with one attached hydrogen (secondary N) is 2. The average molecular weight is 536 g/mol. The predicted molar refractivity (Wildman–Crippen MR) is 152 cm³/mol. The lowest BCUT2D eigenvalue weighted by Gasteiger charge is -2.11. The Labute approximate surface area is 231 Å². The fourth-order valence-corrected chi connectivity index (χ4v) is 3.98. The maximum absolute atomic E-state index is 12.9. The van der Waals surface area contributed by atoms with Crippen molar-refractivity contribution in [2.45, 2.75) is 78.2 Å². The summed E-state index contributed by atoms with van der Waals surface area (Å²) in [5.74, 6) is 0.842. The van der Waals surface area contributed by atoms with Crippen molar-refractivity contribution in [2.75, 3.05) is 19.7 Å². The van der Waals surface area contributed by atoms with E-state index in [-0.39, 0.29) is 23.5 Å². The Balaban J connectivity index is 1.67. The number of aromatic nitrogens is 3. The number of ether oxygens (including phenoxy) is 1. The molecule has 0 saturated heterocycles. The van der Waals surface area contributed by atoms with E-state index in [9.17, 15) is 14.4 Å². The van der Waals surface area contributed by atoms with E-state index in [4.69, 9.17) is 4.74 Å². The molecule has 0 radical (unpaired) electrons. The lowest BCUT2D eigenvalue weighted by Crippen LogP contribution is -2.27. The summed E-state index contributed by atoms with van der Waals surface area (Å²) in [6.45, 7) is 7.15. The van der Waals surface area contributed by atoms with Gasteiger partial charge in [-0.2, -0.15) is 0 Å². The highest BCUT2D eigenvalue weighted by Crippen LogP contribution is 2.21. The van der Waals surface area contributed by atoms with Crippen LogP contribution in [-0.2, 0) is 22.4 Å². The number of nitrogens with zero attached hydrogens (tertiary/aromatic N) is 3. The maximum atomic E-state index is 12.9. The fourth-order valence-electron chi connectivity index (χ4n) is 3.98. The van der Waals surface area contributed by atoms with Crippen molar-refractivity contribution >= 4 is 23.2 Å². The first-order valence-corrected chi connectivity index (χ1v) is 14.0. The number of carbonyl (C=O) groups excluding carboxylic acids is 3. The lowest BCUT2D eigenvalue weighted by atomic mass is 10.1. The molecule has 0 aliphatic heterocycles. The van der Waals surface area contributed by atoms with E-state index in [1.54, 1.807) is 11.6 Å². The molecule has 0 bridgehead atoms. The van der Waals surface area contributed by atoms with Crippen molar-refractivity contribution in [3.63, 3.8) is 0 Å². The van der Waals surface area contributed by atoms with Crippen LogP contribution in [-0.4, -0.2) is 58.2 Å². The monoisotopic (exact) mass is 535 g/mol. The maximum Gasteiger partial charge on any atom is 0.273 e. The summed E-state index contributed by atoms with van der Waals surface area (Å²) in [5.41, 5.74) is 2.93. The van der Waals surface area contributed by atoms with Gasteiger partial charge in [-0.25, -0.2) is 4.68 Å². The number of aryl methyl sites for hydroxylation is 1. The number of benzene rings is 1. The molecule has 1 fully saturated rings. The second kappa shape index (κ2) is 15.7. The summed E-state index contributed by atoms with van der Waals surface area (Å²) in [6.07, 6.45) is 11.2. The summed E-state index contributed by atoms with van der Waals surface area (Å²) in [5, 5.41) is 14.6. The molecule has 1 aromatic carbocycles. The van der Waals surface area contributed by atoms with Crippen LogP contribution in [0.15, 0.2) is 42.5 Å². The van der Waals surface area contributed by atoms with Gasteiger partial charge in [-0.15, -0.1) is 5.10 Å². The third-order valence-electron chi connectivity index (χ3n) is 6.27. The molecule has 9 nitrogen and oxygen atoms in total. The molecule has 39 heavy (non-hydrogen) atoms. The van der Waals surface area contributed by atoms with Gasteiger partial charge in [0, 0.05) is 18.9 Å². The number of carbonyl (C=O) groups is 3. The van der Waals surface area contributed by atoms with Crippen LogP contribution in [0.4, 0.5) is 0 Å². The van der Waals surface area contributed by atoms with Gasteiger partial charge in [0.15, 0.2) is 5.69 Å². The Kier molecular flexibility index (Phi) is 12.1. The van der Waals surface area contributed by atoms with Crippen molar-refractivity contribution in [1.82, 2.24) is 25.6 Å². The number of likely N-dealkylation sites (N-methyl/N-ethyl adjacent to an activating group) is 1. The first-order chi connectivity index (χ1) is 18.9. The van der Waals surface area contributed by atoms with Crippen LogP contribution in [0.25, 0.3) is 5.70 Å². The summed E-state index contributed by atoms with van der Waals surface area (Å²) >= 11 is 0. The molecule has 210 valence electrons. The normalized spacial score (nSPS) is 13.6. The van der Waals surface area contributed by atoms with Gasteiger partial charge in [0.2, 0.25) is 0 Å². The minimum Gasteiger partial charge on any atom is -0.494 e. The fraction of sp³-hybridized carbons (Fsp3) is 0.500. The Morgan fingerprint density at radius 2 is 1.90 bits per heavy atom. The molecule has 2 aromatic rings. The highest BCUT2D eigenvalue weighted by molar-refractivity contribution is 5.94. The number of ketones is 2. The second-order valence-electron chi connectivity index (χ2n) is 9.80. The SMILES string of the molecule is CC/C=C(\C=C/CC(=O)CNCC)n1nnc(C(=O)NC2CC2)c1CCCOc1ccc(CCC(C)=O)cc1. The second-order valence-corrected chi connectivity index (χ2v) is 9.80. The minimum atomic E-state index is -0.207. The Bertz CT molecular complexity index is 1160. The van der Waals surface area contributed by atoms with Gasteiger partial charge >= 0.3 is 0 Å². The minimum absolute atomic E-state index is 0.108. The van der Waals surface area contributed by atoms with E-state index in [1.165, 1.54) is 0 Å². The molecule has 0 atom stereocenters. The van der Waals surface area contributed by atoms with Crippen molar-refractivity contribution < 1.29 is 19.1 Å². The van der Waals surface area contributed by atoms with Crippen LogP contribution < -0.4 is 15.4 Å². The molecule has 2 N–H and O–H groups in total. The summed E-state index contributed by atoms with van der Waals surface area (Å²) in [6, 6.07) is 8.01. The molecule has 1 heterocycles. The van der Waals surface area contributed by atoms with Crippen molar-refractivity contribution in [1.29, 1.82) is 0 Å². The molecule has 1 aromatic heterocycles. The van der Waals surface area contributed by atoms with Crippen molar-refractivity contribution in [2.24, 2.45) is 0 Å². The van der Waals surface area contributed by atoms with Crippen LogP contribution in [0.1, 0.15) is 81.0 Å². The predicted octanol–water partition coefficient (Wildman–Crippen LogP) is 4.08. The van der Waals surface area contributed by atoms with E-state index in [1.807, 2.05) is 56.3 Å². The topological polar surface area (TPSA) is 115 Å². The number of rotatable bonds is 18. The zero-order valence-electron chi connectivity index (χ0n) is 23.4. The molecule has 3 rings (SSSR count). The lowest BCUT2D eigenvalue weighted by molar-refractivity contribution is -0.118. The van der Waals surface area contributed by atoms with Crippen molar-refractivity contribution in [3.05, 3.63) is 59.4 Å². The summed E-state index contributed by atoms with van der Waals surface area (Å²) in [4.78, 5) is 36.2. The van der Waals surface area contributed by atoms with Gasteiger partial charge in [-0.3, -0.25) is 9.59 Å². The highest BCUT2D eigenvalue weighted by atomic mass is 16.5. The number of hydrogen-bond donors (Lipinski definition) is 2. The number of Topliss-reactive ketones (excluding diaryl/α,β-unsaturated/α-hetero) is 2. The quantitative estimate of drug-likeness (QED) is 0.218. The van der Waals surface area contributed by atoms with E-state index < -0.39 is 0 Å². The molecule has 1 aliphatic carbocycles. The Morgan fingerprint density at radius 1 is 1.13 bits per heavy atom. The Morgan fingerprint density at radius 3 is 2.56 bits per heavy atom. The molecule has 1 amide bonds. The van der Waals surface area contributed by atoms with Crippen molar-refractivity contribution in [3.8, 4) is 5.75 Å². The molecule has 0 unspecified atom stereocenters. The number of amides is 1. The molecule has 1 saturated carbocycles. The van der Waals surface area contributed by atoms with E-state index >= 15 is 0 Å². The van der Waals surface area contributed by atoms with Crippen LogP contribution in [0.2, 0.25) is 0 Å². The largest absolute Gasteiger partial charge is 0.494 e. The van der Waals surface area contributed by atoms with E-state index in [0.29, 0.717) is 44.5 Å².